The van der Waals surface area contributed by atoms with Crippen LogP contribution in [0.3, 0.4) is 0 Å². The van der Waals surface area contributed by atoms with Gasteiger partial charge in [-0.3, -0.25) is 0 Å². The maximum atomic E-state index is 6.13. The molecule has 0 amide bonds. The number of hydrogen-bond acceptors (Lipinski definition) is 5. The number of hydrogen-bond donors (Lipinski definition) is 0. The second-order valence-electron chi connectivity index (χ2n) is 5.02. The van der Waals surface area contributed by atoms with Gasteiger partial charge in [0.2, 0.25) is 5.28 Å². The van der Waals surface area contributed by atoms with Crippen molar-refractivity contribution in [2.75, 3.05) is 24.7 Å². The quantitative estimate of drug-likeness (QED) is 0.631. The molecule has 102 valence electrons. The third kappa shape index (κ3) is 1.96. The summed E-state index contributed by atoms with van der Waals surface area (Å²) in [6.07, 6.45) is 0. The molecule has 0 saturated carbocycles. The summed E-state index contributed by atoms with van der Waals surface area (Å²) in [5.41, 5.74) is 2.07. The minimum Gasteiger partial charge on any atom is -0.377 e. The maximum absolute atomic E-state index is 6.13. The number of morpholine rings is 1. The molecule has 0 radical (unpaired) electrons. The molecule has 0 spiro atoms. The lowest BCUT2D eigenvalue weighted by atomic mass is 10.1. The van der Waals surface area contributed by atoms with Crippen molar-refractivity contribution in [1.82, 2.24) is 9.97 Å². The normalized spacial score (nSPS) is 21.9. The number of ether oxygens (including phenoxy) is 1. The van der Waals surface area contributed by atoms with E-state index in [2.05, 4.69) is 39.0 Å². The van der Waals surface area contributed by atoms with Crippen LogP contribution in [0.1, 0.15) is 18.4 Å². The zero-order chi connectivity index (χ0) is 13.7. The summed E-state index contributed by atoms with van der Waals surface area (Å²) in [7, 11) is 0. The minimum atomic E-state index is 0.185. The van der Waals surface area contributed by atoms with Gasteiger partial charge in [-0.1, -0.05) is 11.8 Å². The highest BCUT2D eigenvalue weighted by atomic mass is 35.5. The first-order valence-corrected chi connectivity index (χ1v) is 7.80. The fourth-order valence-corrected chi connectivity index (χ4v) is 3.73. The Morgan fingerprint density at radius 2 is 2.30 bits per heavy atom. The highest BCUT2D eigenvalue weighted by molar-refractivity contribution is 7.18. The zero-order valence-electron chi connectivity index (χ0n) is 10.9. The summed E-state index contributed by atoms with van der Waals surface area (Å²) < 4.78 is 6.59. The van der Waals surface area contributed by atoms with Crippen LogP contribution < -0.4 is 4.90 Å². The lowest BCUT2D eigenvalue weighted by molar-refractivity contribution is 0.0987. The number of aromatic nitrogens is 2. The molecular weight excluding hydrogens is 294 g/mol. The first-order valence-electron chi connectivity index (χ1n) is 6.54. The van der Waals surface area contributed by atoms with Crippen LogP contribution in [0.25, 0.3) is 10.2 Å². The SMILES string of the molecule is CC1COCCN1c1nc(Cl)nc2c(C3C#C3)csc12. The first kappa shape index (κ1) is 12.4. The van der Waals surface area contributed by atoms with Crippen molar-refractivity contribution in [3.05, 3.63) is 16.2 Å². The molecule has 2 aromatic heterocycles. The predicted octanol–water partition coefficient (Wildman–Crippen LogP) is 2.67. The molecule has 3 heterocycles. The Bertz CT molecular complexity index is 740. The van der Waals surface area contributed by atoms with E-state index in [9.17, 15) is 0 Å². The van der Waals surface area contributed by atoms with Gasteiger partial charge in [0.15, 0.2) is 5.82 Å². The van der Waals surface area contributed by atoms with E-state index in [0.29, 0.717) is 17.9 Å². The van der Waals surface area contributed by atoms with E-state index in [1.54, 1.807) is 11.3 Å². The Morgan fingerprint density at radius 1 is 1.45 bits per heavy atom. The maximum Gasteiger partial charge on any atom is 0.224 e. The fourth-order valence-electron chi connectivity index (χ4n) is 2.53. The summed E-state index contributed by atoms with van der Waals surface area (Å²) in [6.45, 7) is 4.40. The molecule has 1 unspecified atom stereocenters. The Kier molecular flexibility index (Phi) is 2.84. The number of nitrogens with zero attached hydrogens (tertiary/aromatic N) is 3. The van der Waals surface area contributed by atoms with E-state index in [0.717, 1.165) is 34.7 Å². The molecule has 1 atom stereocenters. The van der Waals surface area contributed by atoms with E-state index in [-0.39, 0.29) is 5.92 Å². The molecule has 4 nitrogen and oxygen atoms in total. The molecule has 2 aromatic rings. The Morgan fingerprint density at radius 3 is 3.05 bits per heavy atom. The summed E-state index contributed by atoms with van der Waals surface area (Å²) in [4.78, 5) is 11.1. The minimum absolute atomic E-state index is 0.185. The predicted molar refractivity (Wildman–Crippen MR) is 80.6 cm³/mol. The zero-order valence-corrected chi connectivity index (χ0v) is 12.5. The van der Waals surface area contributed by atoms with Gasteiger partial charge in [0, 0.05) is 12.1 Å². The summed E-state index contributed by atoms with van der Waals surface area (Å²) >= 11 is 7.80. The van der Waals surface area contributed by atoms with E-state index in [1.165, 1.54) is 0 Å². The lowest BCUT2D eigenvalue weighted by Crippen LogP contribution is -2.44. The average Bonchev–Trinajstić information content (AvgIpc) is 3.19. The molecule has 1 aliphatic carbocycles. The van der Waals surface area contributed by atoms with Crippen molar-refractivity contribution in [2.45, 2.75) is 18.9 Å². The van der Waals surface area contributed by atoms with Crippen LogP contribution in [0, 0.1) is 11.8 Å². The van der Waals surface area contributed by atoms with Crippen LogP contribution in [0.5, 0.6) is 0 Å². The van der Waals surface area contributed by atoms with Crippen molar-refractivity contribution in [1.29, 1.82) is 0 Å². The van der Waals surface area contributed by atoms with Crippen LogP contribution in [0.2, 0.25) is 5.28 Å². The summed E-state index contributed by atoms with van der Waals surface area (Å²) in [5, 5.41) is 2.41. The van der Waals surface area contributed by atoms with Crippen LogP contribution >= 0.6 is 22.9 Å². The number of anilines is 1. The van der Waals surface area contributed by atoms with Crippen LogP contribution in [-0.4, -0.2) is 35.8 Å². The molecule has 1 fully saturated rings. The second kappa shape index (κ2) is 4.59. The standard InChI is InChI=1S/C14H12ClN3OS/c1-8-6-19-5-4-18(8)13-12-11(16-14(15)17-13)10(7-20-12)9-2-3-9/h7-9H,4-6H2,1H3. The molecule has 1 saturated heterocycles. The number of rotatable bonds is 2. The molecule has 20 heavy (non-hydrogen) atoms. The van der Waals surface area contributed by atoms with Gasteiger partial charge in [0.05, 0.1) is 29.5 Å². The van der Waals surface area contributed by atoms with Crippen LogP contribution in [0.15, 0.2) is 5.38 Å². The molecular formula is C14H12ClN3OS. The topological polar surface area (TPSA) is 38.2 Å². The summed E-state index contributed by atoms with van der Waals surface area (Å²) in [5.74, 6) is 7.26. The average molecular weight is 306 g/mol. The molecule has 4 rings (SSSR count). The van der Waals surface area contributed by atoms with Crippen molar-refractivity contribution in [2.24, 2.45) is 0 Å². The molecule has 6 heteroatoms. The van der Waals surface area contributed by atoms with Crippen molar-refractivity contribution < 1.29 is 4.74 Å². The molecule has 2 aliphatic rings. The van der Waals surface area contributed by atoms with Crippen molar-refractivity contribution >= 4 is 39.0 Å². The first-order chi connectivity index (χ1) is 9.74. The van der Waals surface area contributed by atoms with Crippen LogP contribution in [-0.2, 0) is 4.74 Å². The second-order valence-corrected chi connectivity index (χ2v) is 6.24. The number of halogens is 1. The van der Waals surface area contributed by atoms with Crippen molar-refractivity contribution in [3.63, 3.8) is 0 Å². The lowest BCUT2D eigenvalue weighted by Gasteiger charge is -2.34. The largest absolute Gasteiger partial charge is 0.377 e. The van der Waals surface area contributed by atoms with Gasteiger partial charge in [0.25, 0.3) is 0 Å². The highest BCUT2D eigenvalue weighted by Crippen LogP contribution is 2.38. The number of fused-ring (bicyclic) bond motifs is 1. The van der Waals surface area contributed by atoms with Gasteiger partial charge in [-0.2, -0.15) is 4.98 Å². The van der Waals surface area contributed by atoms with Gasteiger partial charge in [0.1, 0.15) is 5.92 Å². The van der Waals surface area contributed by atoms with E-state index >= 15 is 0 Å². The number of thiophene rings is 1. The fraction of sp³-hybridized carbons (Fsp3) is 0.429. The van der Waals surface area contributed by atoms with Crippen LogP contribution in [0.4, 0.5) is 5.82 Å². The summed E-state index contributed by atoms with van der Waals surface area (Å²) in [6, 6.07) is 0.292. The third-order valence-corrected chi connectivity index (χ3v) is 4.79. The molecule has 0 aromatic carbocycles. The van der Waals surface area contributed by atoms with E-state index < -0.39 is 0 Å². The molecule has 1 aliphatic heterocycles. The van der Waals surface area contributed by atoms with Gasteiger partial charge in [-0.15, -0.1) is 11.3 Å². The van der Waals surface area contributed by atoms with Gasteiger partial charge in [-0.05, 0) is 23.9 Å². The smallest absolute Gasteiger partial charge is 0.224 e. The van der Waals surface area contributed by atoms with Gasteiger partial charge < -0.3 is 9.64 Å². The van der Waals surface area contributed by atoms with Gasteiger partial charge in [-0.25, -0.2) is 4.98 Å². The van der Waals surface area contributed by atoms with Crippen molar-refractivity contribution in [3.8, 4) is 11.8 Å². The Hall–Kier alpha value is -1.35. The molecule has 0 N–H and O–H groups in total. The van der Waals surface area contributed by atoms with Gasteiger partial charge >= 0.3 is 0 Å². The Balaban J connectivity index is 1.85. The third-order valence-electron chi connectivity index (χ3n) is 3.64. The monoisotopic (exact) mass is 305 g/mol. The Labute approximate surface area is 125 Å². The highest BCUT2D eigenvalue weighted by Gasteiger charge is 2.26. The van der Waals surface area contributed by atoms with E-state index in [4.69, 9.17) is 16.3 Å². The van der Waals surface area contributed by atoms with E-state index in [1.807, 2.05) is 0 Å². The molecule has 0 bridgehead atoms.